The molecule has 2 fully saturated rings. The largest absolute Gasteiger partial charge is 0.466 e. The monoisotopic (exact) mass is 391 g/mol. The fourth-order valence-electron chi connectivity index (χ4n) is 4.25. The Morgan fingerprint density at radius 3 is 2.68 bits per heavy atom. The Kier molecular flexibility index (Phi) is 6.97. The van der Waals surface area contributed by atoms with Crippen LogP contribution in [0.15, 0.2) is 10.6 Å². The van der Waals surface area contributed by atoms with Gasteiger partial charge >= 0.3 is 12.0 Å². The van der Waals surface area contributed by atoms with Crippen molar-refractivity contribution >= 4 is 12.0 Å². The smallest absolute Gasteiger partial charge is 0.317 e. The summed E-state index contributed by atoms with van der Waals surface area (Å²) in [5.74, 6) is 1.53. The fourth-order valence-corrected chi connectivity index (χ4v) is 4.25. The van der Waals surface area contributed by atoms with E-state index in [1.165, 1.54) is 0 Å². The number of likely N-dealkylation sites (tertiary alicyclic amines) is 1. The zero-order valence-corrected chi connectivity index (χ0v) is 17.3. The van der Waals surface area contributed by atoms with E-state index in [-0.39, 0.29) is 29.9 Å². The van der Waals surface area contributed by atoms with Crippen LogP contribution in [0.4, 0.5) is 4.79 Å². The van der Waals surface area contributed by atoms with E-state index in [2.05, 4.69) is 24.3 Å². The van der Waals surface area contributed by atoms with Gasteiger partial charge in [-0.1, -0.05) is 19.0 Å². The first-order valence-corrected chi connectivity index (χ1v) is 10.7. The highest BCUT2D eigenvalue weighted by atomic mass is 16.5. The zero-order chi connectivity index (χ0) is 20.1. The first-order chi connectivity index (χ1) is 13.5. The van der Waals surface area contributed by atoms with Gasteiger partial charge in [-0.3, -0.25) is 4.79 Å². The molecule has 1 aliphatic heterocycles. The summed E-state index contributed by atoms with van der Waals surface area (Å²) in [5, 5.41) is 7.31. The van der Waals surface area contributed by atoms with Crippen molar-refractivity contribution in [1.29, 1.82) is 0 Å². The van der Waals surface area contributed by atoms with Crippen molar-refractivity contribution in [3.05, 3.63) is 17.5 Å². The standard InChI is InChI=1S/C21H33N3O4/c1-4-27-20(25)16-9-7-15(8-10-16)13-22-21(26)24-11-5-6-18(24)17-12-19(14(2)3)28-23-17/h12,14-16,18H,4-11,13H2,1-3H3,(H,22,26)/t15?,16?,18-/m1/s1. The molecule has 1 atom stereocenters. The van der Waals surface area contributed by atoms with Crippen LogP contribution in [-0.2, 0) is 9.53 Å². The molecule has 3 rings (SSSR count). The molecule has 0 aromatic carbocycles. The first-order valence-electron chi connectivity index (χ1n) is 10.7. The summed E-state index contributed by atoms with van der Waals surface area (Å²) in [5.41, 5.74) is 0.853. The number of hydrogen-bond acceptors (Lipinski definition) is 5. The minimum Gasteiger partial charge on any atom is -0.466 e. The summed E-state index contributed by atoms with van der Waals surface area (Å²) >= 11 is 0. The van der Waals surface area contributed by atoms with Crippen LogP contribution in [0.3, 0.4) is 0 Å². The quantitative estimate of drug-likeness (QED) is 0.741. The molecule has 2 heterocycles. The van der Waals surface area contributed by atoms with Gasteiger partial charge in [0.1, 0.15) is 11.5 Å². The van der Waals surface area contributed by atoms with Gasteiger partial charge in [0.15, 0.2) is 0 Å². The van der Waals surface area contributed by atoms with Gasteiger partial charge in [-0.15, -0.1) is 0 Å². The summed E-state index contributed by atoms with van der Waals surface area (Å²) in [4.78, 5) is 26.5. The molecule has 1 saturated heterocycles. The number of hydrogen-bond donors (Lipinski definition) is 1. The van der Waals surface area contributed by atoms with Crippen LogP contribution < -0.4 is 5.32 Å². The number of carbonyl (C=O) groups excluding carboxylic acids is 2. The maximum Gasteiger partial charge on any atom is 0.317 e. The van der Waals surface area contributed by atoms with Crippen molar-refractivity contribution in [3.8, 4) is 0 Å². The van der Waals surface area contributed by atoms with Gasteiger partial charge in [-0.25, -0.2) is 4.79 Å². The molecule has 7 nitrogen and oxygen atoms in total. The van der Waals surface area contributed by atoms with E-state index in [0.29, 0.717) is 19.1 Å². The van der Waals surface area contributed by atoms with Crippen LogP contribution in [0.25, 0.3) is 0 Å². The molecule has 28 heavy (non-hydrogen) atoms. The third-order valence-electron chi connectivity index (χ3n) is 5.98. The van der Waals surface area contributed by atoms with E-state index >= 15 is 0 Å². The number of carbonyl (C=O) groups is 2. The second-order valence-corrected chi connectivity index (χ2v) is 8.32. The minimum atomic E-state index is -0.0710. The van der Waals surface area contributed by atoms with Gasteiger partial charge in [0, 0.05) is 25.1 Å². The number of urea groups is 1. The second-order valence-electron chi connectivity index (χ2n) is 8.32. The topological polar surface area (TPSA) is 84.7 Å². The summed E-state index contributed by atoms with van der Waals surface area (Å²) < 4.78 is 10.5. The molecule has 1 aromatic rings. The minimum absolute atomic E-state index is 0.00389. The summed E-state index contributed by atoms with van der Waals surface area (Å²) in [6.07, 6.45) is 5.50. The number of rotatable bonds is 6. The average molecular weight is 392 g/mol. The zero-order valence-electron chi connectivity index (χ0n) is 17.3. The first kappa shape index (κ1) is 20.7. The molecule has 0 spiro atoms. The number of aromatic nitrogens is 1. The lowest BCUT2D eigenvalue weighted by Crippen LogP contribution is -2.42. The molecule has 7 heteroatoms. The molecule has 1 N–H and O–H groups in total. The summed E-state index contributed by atoms with van der Waals surface area (Å²) in [6, 6.07) is 1.96. The Labute approximate surface area is 167 Å². The van der Waals surface area contributed by atoms with Gasteiger partial charge in [0.2, 0.25) is 0 Å². The third kappa shape index (κ3) is 4.86. The summed E-state index contributed by atoms with van der Waals surface area (Å²) in [6.45, 7) is 7.83. The lowest BCUT2D eigenvalue weighted by atomic mass is 9.82. The van der Waals surface area contributed by atoms with Crippen molar-refractivity contribution in [1.82, 2.24) is 15.4 Å². The van der Waals surface area contributed by atoms with E-state index in [1.54, 1.807) is 0 Å². The van der Waals surface area contributed by atoms with Gasteiger partial charge in [-0.05, 0) is 51.4 Å². The highest BCUT2D eigenvalue weighted by Gasteiger charge is 2.33. The van der Waals surface area contributed by atoms with Crippen molar-refractivity contribution in [2.75, 3.05) is 19.7 Å². The summed E-state index contributed by atoms with van der Waals surface area (Å²) in [7, 11) is 0. The van der Waals surface area contributed by atoms with E-state index in [9.17, 15) is 9.59 Å². The Hall–Kier alpha value is -2.05. The number of nitrogens with one attached hydrogen (secondary N) is 1. The van der Waals surface area contributed by atoms with Gasteiger partial charge < -0.3 is 19.5 Å². The maximum atomic E-state index is 12.8. The van der Waals surface area contributed by atoms with E-state index in [0.717, 1.165) is 56.5 Å². The van der Waals surface area contributed by atoms with E-state index in [1.807, 2.05) is 17.9 Å². The maximum absolute atomic E-state index is 12.8. The van der Waals surface area contributed by atoms with Crippen LogP contribution in [-0.4, -0.2) is 41.8 Å². The van der Waals surface area contributed by atoms with E-state index in [4.69, 9.17) is 9.26 Å². The van der Waals surface area contributed by atoms with Crippen molar-refractivity contribution in [2.45, 2.75) is 71.3 Å². The van der Waals surface area contributed by atoms with Crippen LogP contribution in [0, 0.1) is 11.8 Å². The molecule has 1 saturated carbocycles. The molecular formula is C21H33N3O4. The molecule has 2 amide bonds. The molecule has 2 aliphatic rings. The lowest BCUT2D eigenvalue weighted by molar-refractivity contribution is -0.149. The molecule has 0 bridgehead atoms. The highest BCUT2D eigenvalue weighted by Crippen LogP contribution is 2.33. The second kappa shape index (κ2) is 9.43. The third-order valence-corrected chi connectivity index (χ3v) is 5.98. The molecule has 1 aliphatic carbocycles. The number of ether oxygens (including phenoxy) is 1. The Balaban J connectivity index is 1.47. The molecule has 156 valence electrons. The Morgan fingerprint density at radius 2 is 2.04 bits per heavy atom. The van der Waals surface area contributed by atoms with Crippen LogP contribution >= 0.6 is 0 Å². The molecule has 1 aromatic heterocycles. The number of nitrogens with zero attached hydrogens (tertiary/aromatic N) is 2. The number of amides is 2. The van der Waals surface area contributed by atoms with Gasteiger partial charge in [0.05, 0.1) is 18.6 Å². The highest BCUT2D eigenvalue weighted by molar-refractivity contribution is 5.75. The predicted molar refractivity (Wildman–Crippen MR) is 105 cm³/mol. The van der Waals surface area contributed by atoms with Crippen LogP contribution in [0.5, 0.6) is 0 Å². The van der Waals surface area contributed by atoms with Crippen molar-refractivity contribution < 1.29 is 18.8 Å². The van der Waals surface area contributed by atoms with Crippen LogP contribution in [0.1, 0.15) is 82.7 Å². The average Bonchev–Trinajstić information content (AvgIpc) is 3.35. The van der Waals surface area contributed by atoms with Crippen molar-refractivity contribution in [2.24, 2.45) is 11.8 Å². The normalized spacial score (nSPS) is 25.1. The SMILES string of the molecule is CCOC(=O)C1CCC(CNC(=O)N2CCC[C@@H]2c2cc(C(C)C)on2)CC1. The molecule has 0 radical (unpaired) electrons. The van der Waals surface area contributed by atoms with Gasteiger partial charge in [0.25, 0.3) is 0 Å². The fraction of sp³-hybridized carbons (Fsp3) is 0.762. The molecular weight excluding hydrogens is 358 g/mol. The van der Waals surface area contributed by atoms with E-state index < -0.39 is 0 Å². The predicted octanol–water partition coefficient (Wildman–Crippen LogP) is 4.01. The molecule has 0 unspecified atom stereocenters. The lowest BCUT2D eigenvalue weighted by Gasteiger charge is -2.29. The van der Waals surface area contributed by atoms with Gasteiger partial charge in [-0.2, -0.15) is 0 Å². The van der Waals surface area contributed by atoms with Crippen LogP contribution in [0.2, 0.25) is 0 Å². The number of esters is 1. The Morgan fingerprint density at radius 1 is 1.29 bits per heavy atom. The van der Waals surface area contributed by atoms with Crippen molar-refractivity contribution in [3.63, 3.8) is 0 Å². The Bertz CT molecular complexity index is 664.